The van der Waals surface area contributed by atoms with Crippen LogP contribution in [-0.2, 0) is 28.6 Å². The highest BCUT2D eigenvalue weighted by Crippen LogP contribution is 1.84. The molecule has 1 rings (SSSR count). The van der Waals surface area contributed by atoms with Gasteiger partial charge in [-0.1, -0.05) is 0 Å². The number of carbonyl (C=O) groups excluding carboxylic acids is 3. The summed E-state index contributed by atoms with van der Waals surface area (Å²) >= 11 is 0. The lowest BCUT2D eigenvalue weighted by atomic mass is 10.5. The molecule has 0 radical (unpaired) electrons. The molecular formula is C10H16N2O6. The quantitative estimate of drug-likeness (QED) is 0.479. The fraction of sp³-hybridized carbons (Fsp3) is 0.700. The highest BCUT2D eigenvalue weighted by Gasteiger charge is 2.09. The van der Waals surface area contributed by atoms with Gasteiger partial charge in [0.15, 0.2) is 6.61 Å². The molecule has 8 nitrogen and oxygen atoms in total. The minimum atomic E-state index is -0.691. The minimum Gasteiger partial charge on any atom is -0.454 e. The summed E-state index contributed by atoms with van der Waals surface area (Å²) in [6.07, 6.45) is 0. The lowest BCUT2D eigenvalue weighted by molar-refractivity contribution is -0.153. The Hall–Kier alpha value is -1.67. The second kappa shape index (κ2) is 8.43. The summed E-state index contributed by atoms with van der Waals surface area (Å²) in [6.45, 7) is 0.372. The van der Waals surface area contributed by atoms with E-state index in [2.05, 4.69) is 15.4 Å². The third-order valence-corrected chi connectivity index (χ3v) is 1.95. The predicted molar refractivity (Wildman–Crippen MR) is 58.6 cm³/mol. The molecule has 1 aliphatic heterocycles. The molecule has 1 saturated heterocycles. The molecule has 102 valence electrons. The van der Waals surface area contributed by atoms with Crippen molar-refractivity contribution in [2.24, 2.45) is 0 Å². The summed E-state index contributed by atoms with van der Waals surface area (Å²) in [5, 5.41) is 5.06. The van der Waals surface area contributed by atoms with Gasteiger partial charge in [0.05, 0.1) is 13.2 Å². The second-order valence-electron chi connectivity index (χ2n) is 3.47. The van der Waals surface area contributed by atoms with Crippen molar-refractivity contribution < 1.29 is 28.6 Å². The molecule has 0 aromatic heterocycles. The fourth-order valence-electron chi connectivity index (χ4n) is 1.14. The van der Waals surface area contributed by atoms with Gasteiger partial charge in [0, 0.05) is 13.1 Å². The first-order chi connectivity index (χ1) is 8.68. The summed E-state index contributed by atoms with van der Waals surface area (Å²) in [5.41, 5.74) is 0. The maximum Gasteiger partial charge on any atom is 0.332 e. The highest BCUT2D eigenvalue weighted by molar-refractivity contribution is 5.81. The van der Waals surface area contributed by atoms with Gasteiger partial charge in [0.25, 0.3) is 5.91 Å². The van der Waals surface area contributed by atoms with Crippen LogP contribution >= 0.6 is 0 Å². The van der Waals surface area contributed by atoms with E-state index >= 15 is 0 Å². The highest BCUT2D eigenvalue weighted by atomic mass is 16.6. The van der Waals surface area contributed by atoms with E-state index in [1.54, 1.807) is 0 Å². The normalized spacial score (nSPS) is 21.0. The van der Waals surface area contributed by atoms with Crippen LogP contribution in [0.1, 0.15) is 0 Å². The van der Waals surface area contributed by atoms with Crippen LogP contribution in [0.2, 0.25) is 0 Å². The van der Waals surface area contributed by atoms with Crippen LogP contribution in [-0.4, -0.2) is 63.9 Å². The SMILES string of the molecule is O=C1COCC(=O)OCC(=O)NCCOCCN1. The standard InChI is InChI=1S/C10H16N2O6/c13-8-5-17-7-10(15)18-6-9(14)12-2-4-16-3-1-11-8/h1-7H2,(H,11,13)(H,12,14). The molecule has 18 heavy (non-hydrogen) atoms. The van der Waals surface area contributed by atoms with E-state index in [-0.39, 0.29) is 25.7 Å². The number of hydrogen-bond acceptors (Lipinski definition) is 6. The number of ether oxygens (including phenoxy) is 3. The van der Waals surface area contributed by atoms with Crippen molar-refractivity contribution in [1.82, 2.24) is 10.6 Å². The largest absolute Gasteiger partial charge is 0.454 e. The number of esters is 1. The van der Waals surface area contributed by atoms with Crippen molar-refractivity contribution >= 4 is 17.8 Å². The first kappa shape index (κ1) is 14.4. The molecule has 0 spiro atoms. The van der Waals surface area contributed by atoms with Gasteiger partial charge in [0.1, 0.15) is 13.2 Å². The Labute approximate surface area is 104 Å². The molecule has 1 aliphatic rings. The monoisotopic (exact) mass is 260 g/mol. The van der Waals surface area contributed by atoms with Crippen molar-refractivity contribution in [2.75, 3.05) is 46.1 Å². The van der Waals surface area contributed by atoms with Gasteiger partial charge in [-0.25, -0.2) is 4.79 Å². The maximum absolute atomic E-state index is 11.2. The summed E-state index contributed by atoms with van der Waals surface area (Å²) in [6, 6.07) is 0. The van der Waals surface area contributed by atoms with Crippen LogP contribution in [0, 0.1) is 0 Å². The van der Waals surface area contributed by atoms with E-state index in [4.69, 9.17) is 9.47 Å². The molecule has 0 aromatic rings. The first-order valence-electron chi connectivity index (χ1n) is 5.53. The Morgan fingerprint density at radius 2 is 1.39 bits per heavy atom. The predicted octanol–water partition coefficient (Wildman–Crippen LogP) is -2.19. The molecule has 0 atom stereocenters. The lowest BCUT2D eigenvalue weighted by Gasteiger charge is -2.06. The van der Waals surface area contributed by atoms with E-state index in [1.807, 2.05) is 0 Å². The van der Waals surface area contributed by atoms with Gasteiger partial charge in [-0.3, -0.25) is 9.59 Å². The Kier molecular flexibility index (Phi) is 6.74. The average molecular weight is 260 g/mol. The van der Waals surface area contributed by atoms with Crippen molar-refractivity contribution in [1.29, 1.82) is 0 Å². The van der Waals surface area contributed by atoms with Crippen molar-refractivity contribution in [3.05, 3.63) is 0 Å². The average Bonchev–Trinajstić information content (AvgIpc) is 2.34. The Morgan fingerprint density at radius 3 is 2.06 bits per heavy atom. The summed E-state index contributed by atoms with van der Waals surface area (Å²) < 4.78 is 14.6. The summed E-state index contributed by atoms with van der Waals surface area (Å²) in [7, 11) is 0. The van der Waals surface area contributed by atoms with Crippen molar-refractivity contribution in [2.45, 2.75) is 0 Å². The van der Waals surface area contributed by atoms with Gasteiger partial charge >= 0.3 is 5.97 Å². The topological polar surface area (TPSA) is 103 Å². The zero-order valence-corrected chi connectivity index (χ0v) is 9.90. The van der Waals surface area contributed by atoms with Gasteiger partial charge in [-0.05, 0) is 0 Å². The van der Waals surface area contributed by atoms with Crippen LogP contribution in [0.5, 0.6) is 0 Å². The number of rotatable bonds is 0. The molecule has 1 heterocycles. The van der Waals surface area contributed by atoms with Crippen molar-refractivity contribution in [3.8, 4) is 0 Å². The molecule has 0 aliphatic carbocycles. The number of hydrogen-bond donors (Lipinski definition) is 2. The number of cyclic esters (lactones) is 1. The van der Waals surface area contributed by atoms with Gasteiger partial charge in [0.2, 0.25) is 5.91 Å². The molecule has 8 heteroatoms. The number of nitrogens with one attached hydrogen (secondary N) is 2. The molecular weight excluding hydrogens is 244 g/mol. The van der Waals surface area contributed by atoms with E-state index in [0.29, 0.717) is 26.3 Å². The molecule has 2 N–H and O–H groups in total. The molecule has 1 fully saturated rings. The second-order valence-corrected chi connectivity index (χ2v) is 3.47. The molecule has 0 saturated carbocycles. The fourth-order valence-corrected chi connectivity index (χ4v) is 1.14. The first-order valence-corrected chi connectivity index (χ1v) is 5.53. The Bertz CT molecular complexity index is 307. The van der Waals surface area contributed by atoms with E-state index < -0.39 is 11.9 Å². The lowest BCUT2D eigenvalue weighted by Crippen LogP contribution is -2.32. The zero-order valence-electron chi connectivity index (χ0n) is 9.90. The van der Waals surface area contributed by atoms with E-state index in [0.717, 1.165) is 0 Å². The molecule has 0 aromatic carbocycles. The number of carbonyl (C=O) groups is 3. The summed E-state index contributed by atoms with van der Waals surface area (Å²) in [5.74, 6) is -1.43. The Balaban J connectivity index is 2.35. The van der Waals surface area contributed by atoms with Crippen LogP contribution in [0.25, 0.3) is 0 Å². The van der Waals surface area contributed by atoms with Crippen molar-refractivity contribution in [3.63, 3.8) is 0 Å². The maximum atomic E-state index is 11.2. The van der Waals surface area contributed by atoms with Crippen LogP contribution in [0.3, 0.4) is 0 Å². The molecule has 2 amide bonds. The molecule has 0 bridgehead atoms. The zero-order chi connectivity index (χ0) is 13.2. The molecule has 0 unspecified atom stereocenters. The Morgan fingerprint density at radius 1 is 0.778 bits per heavy atom. The van der Waals surface area contributed by atoms with Crippen LogP contribution in [0.15, 0.2) is 0 Å². The third-order valence-electron chi connectivity index (χ3n) is 1.95. The van der Waals surface area contributed by atoms with Gasteiger partial charge in [-0.15, -0.1) is 0 Å². The van der Waals surface area contributed by atoms with Crippen LogP contribution < -0.4 is 10.6 Å². The third kappa shape index (κ3) is 6.81. The van der Waals surface area contributed by atoms with Gasteiger partial charge < -0.3 is 24.8 Å². The smallest absolute Gasteiger partial charge is 0.332 e. The van der Waals surface area contributed by atoms with Crippen LogP contribution in [0.4, 0.5) is 0 Å². The van der Waals surface area contributed by atoms with E-state index in [9.17, 15) is 14.4 Å². The minimum absolute atomic E-state index is 0.235. The summed E-state index contributed by atoms with van der Waals surface area (Å²) in [4.78, 5) is 33.4. The number of amides is 2. The van der Waals surface area contributed by atoms with E-state index in [1.165, 1.54) is 0 Å². The van der Waals surface area contributed by atoms with Gasteiger partial charge in [-0.2, -0.15) is 0 Å².